The van der Waals surface area contributed by atoms with Gasteiger partial charge < -0.3 is 18.9 Å². The van der Waals surface area contributed by atoms with E-state index in [4.69, 9.17) is 14.0 Å². The predicted octanol–water partition coefficient (Wildman–Crippen LogP) is 3.32. The molecule has 2 atom stereocenters. The number of ether oxygens (including phenoxy) is 1. The summed E-state index contributed by atoms with van der Waals surface area (Å²) in [4.78, 5) is 13.7. The molecule has 1 amide bonds. The molecule has 3 rings (SSSR count). The lowest BCUT2D eigenvalue weighted by Crippen LogP contribution is -2.47. The molecule has 0 spiro atoms. The van der Waals surface area contributed by atoms with Crippen molar-refractivity contribution in [3.8, 4) is 0 Å². The molecule has 1 aromatic rings. The fourth-order valence-corrected chi connectivity index (χ4v) is 3.96. The van der Waals surface area contributed by atoms with Crippen molar-refractivity contribution in [2.24, 2.45) is 0 Å². The van der Waals surface area contributed by atoms with Crippen LogP contribution in [0.5, 0.6) is 0 Å². The molecule has 9 heteroatoms. The van der Waals surface area contributed by atoms with Crippen LogP contribution < -0.4 is 5.46 Å². The lowest BCUT2D eigenvalue weighted by atomic mass is 9.77. The van der Waals surface area contributed by atoms with Crippen LogP contribution in [0, 0.1) is 13.8 Å². The topological polar surface area (TPSA) is 65.8 Å². The maximum atomic E-state index is 15.1. The molecule has 2 aliphatic heterocycles. The number of carbonyl (C=O) groups is 1. The molecule has 30 heavy (non-hydrogen) atoms. The summed E-state index contributed by atoms with van der Waals surface area (Å²) in [7, 11) is -0.538. The van der Waals surface area contributed by atoms with Gasteiger partial charge in [-0.15, -0.1) is 0 Å². The van der Waals surface area contributed by atoms with Gasteiger partial charge in [0, 0.05) is 17.7 Å². The Bertz CT molecular complexity index is 802. The summed E-state index contributed by atoms with van der Waals surface area (Å²) in [6.07, 6.45) is -1.25. The standard InChI is InChI=1S/C21H35BFN3O4/c1-13-17(22-29-20(6,7)21(8,9)30-22)14(2)26(24-13)16-10-11-25(12-15(16)23)18(27)28-19(3,4)5/h15-16H,10-12H2,1-9H3/t15-,16+/m0/s1. The summed E-state index contributed by atoms with van der Waals surface area (Å²) in [5, 5.41) is 4.64. The van der Waals surface area contributed by atoms with Gasteiger partial charge in [-0.05, 0) is 68.7 Å². The molecule has 0 radical (unpaired) electrons. The molecule has 1 aromatic heterocycles. The Hall–Kier alpha value is -1.61. The highest BCUT2D eigenvalue weighted by Crippen LogP contribution is 2.37. The fourth-order valence-electron chi connectivity index (χ4n) is 3.96. The third-order valence-electron chi connectivity index (χ3n) is 6.34. The third-order valence-corrected chi connectivity index (χ3v) is 6.34. The number of carbonyl (C=O) groups excluding carboxylic acids is 1. The van der Waals surface area contributed by atoms with Crippen LogP contribution in [0.3, 0.4) is 0 Å². The predicted molar refractivity (Wildman–Crippen MR) is 114 cm³/mol. The summed E-state index contributed by atoms with van der Waals surface area (Å²) in [6, 6.07) is -0.446. The van der Waals surface area contributed by atoms with Crippen molar-refractivity contribution in [1.29, 1.82) is 0 Å². The Balaban J connectivity index is 1.77. The molecule has 3 heterocycles. The van der Waals surface area contributed by atoms with Gasteiger partial charge in [-0.3, -0.25) is 4.68 Å². The van der Waals surface area contributed by atoms with Crippen molar-refractivity contribution in [2.75, 3.05) is 13.1 Å². The van der Waals surface area contributed by atoms with E-state index in [2.05, 4.69) is 5.10 Å². The van der Waals surface area contributed by atoms with Gasteiger partial charge in [0.2, 0.25) is 0 Å². The molecule has 2 fully saturated rings. The van der Waals surface area contributed by atoms with Crippen molar-refractivity contribution in [3.63, 3.8) is 0 Å². The lowest BCUT2D eigenvalue weighted by molar-refractivity contribution is 0.00559. The number of hydrogen-bond acceptors (Lipinski definition) is 5. The van der Waals surface area contributed by atoms with Crippen LogP contribution in [-0.4, -0.2) is 64.0 Å². The average Bonchev–Trinajstić information content (AvgIpc) is 2.97. The number of aryl methyl sites for hydroxylation is 1. The quantitative estimate of drug-likeness (QED) is 0.683. The second-order valence-electron chi connectivity index (χ2n) is 10.4. The third kappa shape index (κ3) is 4.24. The molecule has 0 saturated carbocycles. The number of rotatable bonds is 2. The Morgan fingerprint density at radius 3 is 2.27 bits per heavy atom. The Labute approximate surface area is 179 Å². The summed E-state index contributed by atoms with van der Waals surface area (Å²) in [5.74, 6) is 0. The molecule has 2 aliphatic rings. The van der Waals surface area contributed by atoms with Gasteiger partial charge in [0.05, 0.1) is 29.5 Å². The van der Waals surface area contributed by atoms with Gasteiger partial charge in [0.15, 0.2) is 0 Å². The number of amides is 1. The second kappa shape index (κ2) is 7.52. The maximum absolute atomic E-state index is 15.1. The molecule has 0 N–H and O–H groups in total. The maximum Gasteiger partial charge on any atom is 0.498 e. The van der Waals surface area contributed by atoms with E-state index < -0.39 is 42.2 Å². The molecule has 0 aliphatic carbocycles. The summed E-state index contributed by atoms with van der Waals surface area (Å²) >= 11 is 0. The van der Waals surface area contributed by atoms with E-state index in [1.807, 2.05) is 41.5 Å². The van der Waals surface area contributed by atoms with Crippen molar-refractivity contribution in [2.45, 2.75) is 97.8 Å². The minimum absolute atomic E-state index is 0.0102. The zero-order valence-corrected chi connectivity index (χ0v) is 19.7. The molecule has 0 aromatic carbocycles. The van der Waals surface area contributed by atoms with Gasteiger partial charge in [0.25, 0.3) is 0 Å². The Morgan fingerprint density at radius 1 is 1.20 bits per heavy atom. The second-order valence-corrected chi connectivity index (χ2v) is 10.4. The Kier molecular flexibility index (Phi) is 5.78. The van der Waals surface area contributed by atoms with E-state index in [-0.39, 0.29) is 6.54 Å². The normalized spacial score (nSPS) is 26.2. The van der Waals surface area contributed by atoms with Gasteiger partial charge in [-0.2, -0.15) is 5.10 Å². The first-order valence-corrected chi connectivity index (χ1v) is 10.7. The van der Waals surface area contributed by atoms with E-state index >= 15 is 4.39 Å². The number of hydrogen-bond donors (Lipinski definition) is 0. The smallest absolute Gasteiger partial charge is 0.444 e. The van der Waals surface area contributed by atoms with Gasteiger partial charge >= 0.3 is 13.2 Å². The van der Waals surface area contributed by atoms with Crippen molar-refractivity contribution in [3.05, 3.63) is 11.4 Å². The lowest BCUT2D eigenvalue weighted by Gasteiger charge is -2.36. The minimum Gasteiger partial charge on any atom is -0.444 e. The molecule has 0 bridgehead atoms. The number of alkyl halides is 1. The van der Waals surface area contributed by atoms with E-state index in [0.29, 0.717) is 13.0 Å². The van der Waals surface area contributed by atoms with E-state index in [9.17, 15) is 4.79 Å². The largest absolute Gasteiger partial charge is 0.498 e. The van der Waals surface area contributed by atoms with E-state index in [1.165, 1.54) is 4.90 Å². The average molecular weight is 423 g/mol. The molecule has 168 valence electrons. The molecule has 2 saturated heterocycles. The highest BCUT2D eigenvalue weighted by Gasteiger charge is 2.53. The summed E-state index contributed by atoms with van der Waals surface area (Å²) in [5.41, 5.74) is 0.945. The van der Waals surface area contributed by atoms with Crippen LogP contribution in [0.4, 0.5) is 9.18 Å². The first-order valence-electron chi connectivity index (χ1n) is 10.7. The number of nitrogens with zero attached hydrogens (tertiary/aromatic N) is 3. The van der Waals surface area contributed by atoms with Crippen molar-refractivity contribution < 1.29 is 23.2 Å². The zero-order valence-electron chi connectivity index (χ0n) is 19.7. The van der Waals surface area contributed by atoms with Crippen LogP contribution >= 0.6 is 0 Å². The van der Waals surface area contributed by atoms with Crippen molar-refractivity contribution >= 4 is 18.7 Å². The molecular weight excluding hydrogens is 388 g/mol. The first kappa shape index (κ1) is 23.1. The number of halogens is 1. The van der Waals surface area contributed by atoms with E-state index in [0.717, 1.165) is 16.9 Å². The zero-order chi connectivity index (χ0) is 22.6. The van der Waals surface area contributed by atoms with Crippen LogP contribution in [0.2, 0.25) is 0 Å². The first-order chi connectivity index (χ1) is 13.6. The van der Waals surface area contributed by atoms with E-state index in [1.54, 1.807) is 25.5 Å². The number of piperidine rings is 1. The summed E-state index contributed by atoms with van der Waals surface area (Å²) < 4.78 is 34.7. The van der Waals surface area contributed by atoms with Crippen LogP contribution in [-0.2, 0) is 14.0 Å². The van der Waals surface area contributed by atoms with Gasteiger partial charge in [-0.1, -0.05) is 0 Å². The highest BCUT2D eigenvalue weighted by atomic mass is 19.1. The number of aromatic nitrogens is 2. The van der Waals surface area contributed by atoms with Crippen molar-refractivity contribution in [1.82, 2.24) is 14.7 Å². The summed E-state index contributed by atoms with van der Waals surface area (Å²) in [6.45, 7) is 17.7. The van der Waals surface area contributed by atoms with Gasteiger partial charge in [0.1, 0.15) is 11.8 Å². The Morgan fingerprint density at radius 2 is 1.77 bits per heavy atom. The number of likely N-dealkylation sites (tertiary alicyclic amines) is 1. The fraction of sp³-hybridized carbons (Fsp3) is 0.810. The van der Waals surface area contributed by atoms with Crippen LogP contribution in [0.15, 0.2) is 0 Å². The minimum atomic E-state index is -1.24. The van der Waals surface area contributed by atoms with Crippen LogP contribution in [0.25, 0.3) is 0 Å². The van der Waals surface area contributed by atoms with Crippen LogP contribution in [0.1, 0.15) is 72.3 Å². The highest BCUT2D eigenvalue weighted by molar-refractivity contribution is 6.63. The molecular formula is C21H35BFN3O4. The molecule has 7 nitrogen and oxygen atoms in total. The SMILES string of the molecule is Cc1nn([C@@H]2CCN(C(=O)OC(C)(C)C)C[C@@H]2F)c(C)c1B1OC(C)(C)C(C)(C)O1. The molecule has 0 unspecified atom stereocenters. The monoisotopic (exact) mass is 423 g/mol. The van der Waals surface area contributed by atoms with Gasteiger partial charge in [-0.25, -0.2) is 9.18 Å².